The van der Waals surface area contributed by atoms with Crippen molar-refractivity contribution in [2.75, 3.05) is 5.32 Å². The van der Waals surface area contributed by atoms with Crippen LogP contribution in [-0.2, 0) is 12.7 Å². The van der Waals surface area contributed by atoms with Crippen molar-refractivity contribution in [3.8, 4) is 11.3 Å². The van der Waals surface area contributed by atoms with Gasteiger partial charge in [-0.3, -0.25) is 0 Å². The largest absolute Gasteiger partial charge is 0.416 e. The van der Waals surface area contributed by atoms with Gasteiger partial charge in [-0.2, -0.15) is 13.2 Å². The minimum Gasteiger partial charge on any atom is -0.231 e. The lowest BCUT2D eigenvalue weighted by Gasteiger charge is -2.08. The first-order valence-electron chi connectivity index (χ1n) is 7.71. The lowest BCUT2D eigenvalue weighted by atomic mass is 10.2. The molecule has 0 aliphatic carbocycles. The Morgan fingerprint density at radius 2 is 1.88 bits per heavy atom. The molecule has 26 heavy (non-hydrogen) atoms. The summed E-state index contributed by atoms with van der Waals surface area (Å²) in [7, 11) is 0. The van der Waals surface area contributed by atoms with Gasteiger partial charge in [-0.25, -0.2) is 9.88 Å². The molecule has 0 fully saturated rings. The second kappa shape index (κ2) is 7.51. The van der Waals surface area contributed by atoms with Gasteiger partial charge in [-0.05, 0) is 42.5 Å². The van der Waals surface area contributed by atoms with E-state index in [1.165, 1.54) is 17.4 Å². The number of rotatable bonds is 5. The maximum atomic E-state index is 12.9. The Balaban J connectivity index is 1.96. The summed E-state index contributed by atoms with van der Waals surface area (Å²) in [5, 5.41) is 6.38. The number of hydrogen-bond acceptors (Lipinski definition) is 2. The molecule has 0 saturated heterocycles. The van der Waals surface area contributed by atoms with E-state index in [-0.39, 0.29) is 0 Å². The van der Waals surface area contributed by atoms with E-state index in [2.05, 4.69) is 11.9 Å². The van der Waals surface area contributed by atoms with E-state index in [0.29, 0.717) is 22.4 Å². The zero-order chi connectivity index (χ0) is 18.7. The average molecular weight is 396 g/mol. The Morgan fingerprint density at radius 1 is 1.15 bits per heavy atom. The molecule has 0 amide bonds. The first kappa shape index (κ1) is 18.5. The summed E-state index contributed by atoms with van der Waals surface area (Å²) in [6.07, 6.45) is -2.64. The van der Waals surface area contributed by atoms with Crippen LogP contribution in [0.3, 0.4) is 0 Å². The van der Waals surface area contributed by atoms with Gasteiger partial charge in [-0.1, -0.05) is 41.7 Å². The molecule has 3 aromatic rings. The van der Waals surface area contributed by atoms with E-state index in [9.17, 15) is 13.2 Å². The topological polar surface area (TPSA) is 15.9 Å². The van der Waals surface area contributed by atoms with Gasteiger partial charge < -0.3 is 0 Å². The second-order valence-electron chi connectivity index (χ2n) is 5.54. The zero-order valence-electron chi connectivity index (χ0n) is 13.6. The van der Waals surface area contributed by atoms with Crippen LogP contribution in [0.25, 0.3) is 11.3 Å². The number of aromatic nitrogens is 1. The molecular weight excluding hydrogens is 381 g/mol. The van der Waals surface area contributed by atoms with Gasteiger partial charge in [0.1, 0.15) is 17.9 Å². The third-order valence-corrected chi connectivity index (χ3v) is 4.85. The molecule has 1 aromatic heterocycles. The number of hydrogen-bond donors (Lipinski definition) is 1. The maximum absolute atomic E-state index is 12.9. The summed E-state index contributed by atoms with van der Waals surface area (Å²) in [5.41, 5.74) is 1.58. The standard InChI is InChI=1S/C19H14ClF3N2S/c1-2-10-25-17(13-6-8-15(20)9-7-13)12-26-18(25)24-16-5-3-4-14(11-16)19(21,22)23/h2-9,11-12H,1,10H2/p+1. The van der Waals surface area contributed by atoms with Crippen LogP contribution in [0.1, 0.15) is 5.56 Å². The fraction of sp³-hybridized carbons (Fsp3) is 0.105. The molecule has 3 rings (SSSR count). The number of benzene rings is 2. The van der Waals surface area contributed by atoms with Crippen molar-refractivity contribution in [1.29, 1.82) is 0 Å². The van der Waals surface area contributed by atoms with Gasteiger partial charge in [0.2, 0.25) is 0 Å². The fourth-order valence-corrected chi connectivity index (χ4v) is 3.59. The van der Waals surface area contributed by atoms with Crippen molar-refractivity contribution in [3.63, 3.8) is 0 Å². The van der Waals surface area contributed by atoms with Crippen LogP contribution in [0.2, 0.25) is 5.02 Å². The summed E-state index contributed by atoms with van der Waals surface area (Å²) in [5.74, 6) is 0. The van der Waals surface area contributed by atoms with E-state index >= 15 is 0 Å². The minimum atomic E-state index is -4.38. The third kappa shape index (κ3) is 4.08. The molecule has 0 unspecified atom stereocenters. The molecule has 2 nitrogen and oxygen atoms in total. The van der Waals surface area contributed by atoms with Crippen molar-refractivity contribution >= 4 is 33.8 Å². The van der Waals surface area contributed by atoms with Crippen LogP contribution in [0.15, 0.2) is 66.6 Å². The van der Waals surface area contributed by atoms with Crippen LogP contribution in [0, 0.1) is 0 Å². The Hall–Kier alpha value is -2.31. The number of alkyl halides is 3. The number of anilines is 2. The highest BCUT2D eigenvalue weighted by atomic mass is 35.5. The first-order valence-corrected chi connectivity index (χ1v) is 8.96. The number of halogens is 4. The normalized spacial score (nSPS) is 11.4. The molecule has 0 spiro atoms. The van der Waals surface area contributed by atoms with Crippen LogP contribution >= 0.6 is 22.9 Å². The van der Waals surface area contributed by atoms with Crippen LogP contribution < -0.4 is 9.88 Å². The monoisotopic (exact) mass is 395 g/mol. The molecule has 0 aliphatic heterocycles. The zero-order valence-corrected chi connectivity index (χ0v) is 15.1. The molecule has 7 heteroatoms. The SMILES string of the molecule is C=CC[n+]1c(-c2ccc(Cl)cc2)csc1Nc1cccc(C(F)(F)F)c1. The lowest BCUT2D eigenvalue weighted by molar-refractivity contribution is -0.657. The van der Waals surface area contributed by atoms with Crippen molar-refractivity contribution in [2.24, 2.45) is 0 Å². The van der Waals surface area contributed by atoms with Gasteiger partial charge in [-0.15, -0.1) is 0 Å². The molecule has 134 valence electrons. The molecule has 0 bridgehead atoms. The molecule has 0 atom stereocenters. The smallest absolute Gasteiger partial charge is 0.231 e. The van der Waals surface area contributed by atoms with Crippen molar-refractivity contribution < 1.29 is 17.7 Å². The van der Waals surface area contributed by atoms with Crippen molar-refractivity contribution in [2.45, 2.75) is 12.7 Å². The molecule has 0 aliphatic rings. The van der Waals surface area contributed by atoms with E-state index in [1.54, 1.807) is 24.3 Å². The predicted molar refractivity (Wildman–Crippen MR) is 99.9 cm³/mol. The predicted octanol–water partition coefficient (Wildman–Crippen LogP) is 6.30. The highest BCUT2D eigenvalue weighted by Gasteiger charge is 2.31. The number of nitrogens with one attached hydrogen (secondary N) is 1. The van der Waals surface area contributed by atoms with Crippen molar-refractivity contribution in [1.82, 2.24) is 0 Å². The number of nitrogens with zero attached hydrogens (tertiary/aromatic N) is 1. The number of thiazole rings is 1. The highest BCUT2D eigenvalue weighted by Crippen LogP contribution is 2.32. The van der Waals surface area contributed by atoms with Gasteiger partial charge in [0, 0.05) is 16.0 Å². The van der Waals surface area contributed by atoms with Crippen molar-refractivity contribution in [3.05, 3.63) is 77.2 Å². The summed E-state index contributed by atoms with van der Waals surface area (Å²) in [4.78, 5) is 0. The van der Waals surface area contributed by atoms with E-state index < -0.39 is 11.7 Å². The summed E-state index contributed by atoms with van der Waals surface area (Å²) >= 11 is 7.35. The van der Waals surface area contributed by atoms with Crippen LogP contribution in [0.5, 0.6) is 0 Å². The summed E-state index contributed by atoms with van der Waals surface area (Å²) in [6, 6.07) is 12.5. The van der Waals surface area contributed by atoms with E-state index in [4.69, 9.17) is 11.6 Å². The number of allylic oxidation sites excluding steroid dienone is 1. The fourth-order valence-electron chi connectivity index (χ4n) is 2.50. The van der Waals surface area contributed by atoms with E-state index in [1.807, 2.05) is 22.1 Å². The average Bonchev–Trinajstić information content (AvgIpc) is 2.98. The molecule has 1 heterocycles. The third-order valence-electron chi connectivity index (χ3n) is 3.71. The Bertz CT molecular complexity index is 917. The minimum absolute atomic E-state index is 0.377. The first-order chi connectivity index (χ1) is 12.4. The molecule has 0 radical (unpaired) electrons. The van der Waals surface area contributed by atoms with Gasteiger partial charge in [0.05, 0.1) is 5.56 Å². The maximum Gasteiger partial charge on any atom is 0.416 e. The van der Waals surface area contributed by atoms with Crippen LogP contribution in [0.4, 0.5) is 24.0 Å². The lowest BCUT2D eigenvalue weighted by Crippen LogP contribution is -2.35. The van der Waals surface area contributed by atoms with Crippen LogP contribution in [-0.4, -0.2) is 0 Å². The highest BCUT2D eigenvalue weighted by molar-refractivity contribution is 7.13. The van der Waals surface area contributed by atoms with Gasteiger partial charge in [0.15, 0.2) is 0 Å². The van der Waals surface area contributed by atoms with E-state index in [0.717, 1.165) is 23.4 Å². The second-order valence-corrected chi connectivity index (χ2v) is 6.83. The molecular formula is C19H15ClF3N2S+. The summed E-state index contributed by atoms with van der Waals surface area (Å²) in [6.45, 7) is 4.28. The Labute approximate surface area is 158 Å². The molecule has 2 aromatic carbocycles. The molecule has 1 N–H and O–H groups in total. The van der Waals surface area contributed by atoms with Gasteiger partial charge in [0.25, 0.3) is 0 Å². The Morgan fingerprint density at radius 3 is 2.54 bits per heavy atom. The molecule has 0 saturated carbocycles. The Kier molecular flexibility index (Phi) is 5.34. The quantitative estimate of drug-likeness (QED) is 0.395. The van der Waals surface area contributed by atoms with Gasteiger partial charge >= 0.3 is 11.3 Å². The summed E-state index contributed by atoms with van der Waals surface area (Å²) < 4.78 is 40.7.